The van der Waals surface area contributed by atoms with Gasteiger partial charge in [-0.15, -0.1) is 10.2 Å². The minimum absolute atomic E-state index is 0.0705. The number of benzene rings is 1. The first-order chi connectivity index (χ1) is 14.6. The largest absolute Gasteiger partial charge is 0.315 e. The lowest BCUT2D eigenvalue weighted by atomic mass is 9.87. The Morgan fingerprint density at radius 2 is 1.97 bits per heavy atom. The Bertz CT molecular complexity index is 1180. The van der Waals surface area contributed by atoms with E-state index in [9.17, 15) is 8.42 Å². The lowest BCUT2D eigenvalue weighted by molar-refractivity contribution is 0.549. The Hall–Kier alpha value is -2.49. The lowest BCUT2D eigenvalue weighted by Gasteiger charge is -2.19. The summed E-state index contributed by atoms with van der Waals surface area (Å²) in [5.41, 5.74) is 1.62. The molecule has 2 aromatic heterocycles. The van der Waals surface area contributed by atoms with Crippen molar-refractivity contribution >= 4 is 27.3 Å². The molecule has 8 nitrogen and oxygen atoms in total. The van der Waals surface area contributed by atoms with Gasteiger partial charge in [0.1, 0.15) is 12.0 Å². The predicted molar refractivity (Wildman–Crippen MR) is 121 cm³/mol. The number of halogens is 1. The van der Waals surface area contributed by atoms with Gasteiger partial charge in [0.25, 0.3) is 10.0 Å². The van der Waals surface area contributed by atoms with E-state index in [1.807, 2.05) is 16.7 Å². The van der Waals surface area contributed by atoms with Gasteiger partial charge in [-0.25, -0.2) is 13.4 Å². The molecule has 0 radical (unpaired) electrons. The Kier molecular flexibility index (Phi) is 5.76. The van der Waals surface area contributed by atoms with Crippen molar-refractivity contribution in [2.24, 2.45) is 0 Å². The van der Waals surface area contributed by atoms with Gasteiger partial charge < -0.3 is 9.88 Å². The van der Waals surface area contributed by atoms with Crippen LogP contribution >= 0.6 is 11.6 Å². The van der Waals surface area contributed by atoms with Crippen LogP contribution in [-0.2, 0) is 15.4 Å². The minimum Gasteiger partial charge on any atom is -0.315 e. The zero-order chi connectivity index (χ0) is 22.2. The van der Waals surface area contributed by atoms with E-state index in [0.717, 1.165) is 25.1 Å². The number of pyridine rings is 1. The highest BCUT2D eigenvalue weighted by Gasteiger charge is 2.25. The Morgan fingerprint density at radius 3 is 2.61 bits per heavy atom. The van der Waals surface area contributed by atoms with Gasteiger partial charge in [-0.3, -0.25) is 4.72 Å². The first kappa shape index (κ1) is 21.7. The van der Waals surface area contributed by atoms with Gasteiger partial charge in [0, 0.05) is 12.7 Å². The summed E-state index contributed by atoms with van der Waals surface area (Å²) in [7, 11) is -3.86. The van der Waals surface area contributed by atoms with Crippen LogP contribution in [0.25, 0.3) is 11.5 Å². The lowest BCUT2D eigenvalue weighted by Crippen LogP contribution is -2.17. The molecule has 1 aliphatic heterocycles. The molecule has 1 unspecified atom stereocenters. The monoisotopic (exact) mass is 460 g/mol. The summed E-state index contributed by atoms with van der Waals surface area (Å²) in [5.74, 6) is 0.492. The van der Waals surface area contributed by atoms with E-state index in [1.54, 1.807) is 18.5 Å². The summed E-state index contributed by atoms with van der Waals surface area (Å²) in [6.45, 7) is 7.93. The summed E-state index contributed by atoms with van der Waals surface area (Å²) < 4.78 is 30.8. The highest BCUT2D eigenvalue weighted by atomic mass is 35.5. The van der Waals surface area contributed by atoms with E-state index in [1.165, 1.54) is 12.3 Å². The van der Waals surface area contributed by atoms with E-state index in [0.29, 0.717) is 16.5 Å². The van der Waals surface area contributed by atoms with Gasteiger partial charge in [-0.1, -0.05) is 44.5 Å². The first-order valence-corrected chi connectivity index (χ1v) is 11.9. The van der Waals surface area contributed by atoms with Crippen LogP contribution in [-0.4, -0.2) is 41.3 Å². The first-order valence-electron chi connectivity index (χ1n) is 10.0. The third kappa shape index (κ3) is 4.58. The van der Waals surface area contributed by atoms with Crippen LogP contribution in [0.4, 0.5) is 5.69 Å². The van der Waals surface area contributed by atoms with Gasteiger partial charge in [-0.2, -0.15) is 0 Å². The normalized spacial score (nSPS) is 17.1. The van der Waals surface area contributed by atoms with E-state index >= 15 is 0 Å². The average molecular weight is 461 g/mol. The Morgan fingerprint density at radius 1 is 1.23 bits per heavy atom. The number of rotatable bonds is 5. The van der Waals surface area contributed by atoms with Crippen LogP contribution in [0.2, 0.25) is 5.02 Å². The molecular formula is C21H25ClN6O2S. The van der Waals surface area contributed by atoms with E-state index < -0.39 is 10.0 Å². The number of hydrogen-bond acceptors (Lipinski definition) is 6. The fraction of sp³-hybridized carbons (Fsp3) is 0.381. The third-order valence-electron chi connectivity index (χ3n) is 5.34. The predicted octanol–water partition coefficient (Wildman–Crippen LogP) is 3.63. The molecule has 0 aliphatic carbocycles. The zero-order valence-electron chi connectivity index (χ0n) is 17.6. The van der Waals surface area contributed by atoms with Crippen LogP contribution in [0.5, 0.6) is 0 Å². The van der Waals surface area contributed by atoms with Crippen molar-refractivity contribution in [2.75, 3.05) is 17.8 Å². The molecule has 1 saturated heterocycles. The molecule has 0 saturated carbocycles. The zero-order valence-corrected chi connectivity index (χ0v) is 19.2. The van der Waals surface area contributed by atoms with E-state index in [4.69, 9.17) is 11.6 Å². The molecule has 4 rings (SSSR count). The Balaban J connectivity index is 1.70. The van der Waals surface area contributed by atoms with Crippen LogP contribution < -0.4 is 10.0 Å². The molecule has 3 aromatic rings. The number of sulfonamides is 1. The molecule has 164 valence electrons. The number of aromatic nitrogens is 4. The van der Waals surface area contributed by atoms with Gasteiger partial charge in [0.05, 0.1) is 21.6 Å². The standard InChI is InChI=1S/C21H25ClN6O2S/c1-21(2,3)14-4-6-17(7-5-14)31(29,30)27-18-10-15(22)11-24-19(18)20-26-25-13-28(20)16-8-9-23-12-16/h4-7,10-11,13,16,23,27H,8-9,12H2,1-3H3. The van der Waals surface area contributed by atoms with Gasteiger partial charge >= 0.3 is 0 Å². The maximum absolute atomic E-state index is 13.1. The molecule has 1 atom stereocenters. The molecule has 0 spiro atoms. The number of nitrogens with zero attached hydrogens (tertiary/aromatic N) is 4. The highest BCUT2D eigenvalue weighted by molar-refractivity contribution is 7.92. The minimum atomic E-state index is -3.86. The van der Waals surface area contributed by atoms with E-state index in [2.05, 4.69) is 46.0 Å². The maximum atomic E-state index is 13.1. The van der Waals surface area contributed by atoms with Crippen LogP contribution in [0.15, 0.2) is 47.8 Å². The number of anilines is 1. The van der Waals surface area contributed by atoms with Crippen molar-refractivity contribution in [3.05, 3.63) is 53.4 Å². The summed E-state index contributed by atoms with van der Waals surface area (Å²) >= 11 is 6.14. The quantitative estimate of drug-likeness (QED) is 0.602. The summed E-state index contributed by atoms with van der Waals surface area (Å²) in [4.78, 5) is 4.53. The molecular weight excluding hydrogens is 436 g/mol. The molecule has 1 aliphatic rings. The highest BCUT2D eigenvalue weighted by Crippen LogP contribution is 2.31. The molecule has 3 heterocycles. The molecule has 10 heteroatoms. The van der Waals surface area contributed by atoms with Crippen molar-refractivity contribution in [2.45, 2.75) is 43.5 Å². The van der Waals surface area contributed by atoms with Crippen molar-refractivity contribution < 1.29 is 8.42 Å². The SMILES string of the molecule is CC(C)(C)c1ccc(S(=O)(=O)Nc2cc(Cl)cnc2-c2nncn2C2CCNC2)cc1. The third-order valence-corrected chi connectivity index (χ3v) is 6.93. The smallest absolute Gasteiger partial charge is 0.261 e. The van der Waals surface area contributed by atoms with E-state index in [-0.39, 0.29) is 22.0 Å². The van der Waals surface area contributed by atoms with Crippen molar-refractivity contribution in [3.63, 3.8) is 0 Å². The fourth-order valence-electron chi connectivity index (χ4n) is 3.59. The molecule has 0 bridgehead atoms. The molecule has 31 heavy (non-hydrogen) atoms. The summed E-state index contributed by atoms with van der Waals surface area (Å²) in [6, 6.07) is 8.58. The number of hydrogen-bond donors (Lipinski definition) is 2. The van der Waals surface area contributed by atoms with Crippen LogP contribution in [0, 0.1) is 0 Å². The van der Waals surface area contributed by atoms with Gasteiger partial charge in [0.15, 0.2) is 5.82 Å². The van der Waals surface area contributed by atoms with Gasteiger partial charge in [-0.05, 0) is 42.1 Å². The summed E-state index contributed by atoms with van der Waals surface area (Å²) in [5, 5.41) is 11.9. The molecule has 0 amide bonds. The second kappa shape index (κ2) is 8.22. The van der Waals surface area contributed by atoms with Crippen molar-refractivity contribution in [3.8, 4) is 11.5 Å². The fourth-order valence-corrected chi connectivity index (χ4v) is 4.80. The van der Waals surface area contributed by atoms with Crippen LogP contribution in [0.1, 0.15) is 38.8 Å². The molecule has 1 fully saturated rings. The molecule has 2 N–H and O–H groups in total. The second-order valence-electron chi connectivity index (χ2n) is 8.64. The van der Waals surface area contributed by atoms with Crippen LogP contribution in [0.3, 0.4) is 0 Å². The van der Waals surface area contributed by atoms with Gasteiger partial charge in [0.2, 0.25) is 0 Å². The van der Waals surface area contributed by atoms with Crippen molar-refractivity contribution in [1.29, 1.82) is 0 Å². The topological polar surface area (TPSA) is 102 Å². The second-order valence-corrected chi connectivity index (χ2v) is 10.8. The number of nitrogens with one attached hydrogen (secondary N) is 2. The molecule has 1 aromatic carbocycles. The summed E-state index contributed by atoms with van der Waals surface area (Å²) in [6.07, 6.45) is 4.05. The Labute approximate surface area is 187 Å². The maximum Gasteiger partial charge on any atom is 0.261 e. The van der Waals surface area contributed by atoms with Crippen molar-refractivity contribution in [1.82, 2.24) is 25.1 Å². The average Bonchev–Trinajstić information content (AvgIpc) is 3.39.